The Morgan fingerprint density at radius 3 is 2.64 bits per heavy atom. The number of carbonyl (C=O) groups is 1. The number of benzene rings is 1. The van der Waals surface area contributed by atoms with Gasteiger partial charge in [0.1, 0.15) is 12.7 Å². The summed E-state index contributed by atoms with van der Waals surface area (Å²) in [6, 6.07) is 7.69. The minimum Gasteiger partial charge on any atom is -0.335 e. The summed E-state index contributed by atoms with van der Waals surface area (Å²) in [5, 5.41) is 10.1. The average molecular weight is 299 g/mol. The molecule has 3 rings (SSSR count). The van der Waals surface area contributed by atoms with E-state index in [1.54, 1.807) is 11.0 Å². The van der Waals surface area contributed by atoms with Crippen LogP contribution in [0.1, 0.15) is 38.5 Å². The van der Waals surface area contributed by atoms with Gasteiger partial charge in [-0.25, -0.2) is 14.5 Å². The Bertz CT molecular complexity index is 603. The zero-order valence-corrected chi connectivity index (χ0v) is 12.5. The van der Waals surface area contributed by atoms with Crippen LogP contribution in [-0.2, 0) is 0 Å². The SMILES string of the molecule is O=C(Nc1ccccc1-n1cncn1)NC1CCCCCC1. The van der Waals surface area contributed by atoms with Crippen LogP contribution in [0.25, 0.3) is 5.69 Å². The van der Waals surface area contributed by atoms with Crippen molar-refractivity contribution in [3.8, 4) is 5.69 Å². The number of para-hydroxylation sites is 2. The molecule has 2 aromatic rings. The Labute approximate surface area is 129 Å². The lowest BCUT2D eigenvalue weighted by molar-refractivity contribution is 0.247. The average Bonchev–Trinajstić information content (AvgIpc) is 2.93. The minimum absolute atomic E-state index is 0.153. The summed E-state index contributed by atoms with van der Waals surface area (Å²) in [6.45, 7) is 0. The van der Waals surface area contributed by atoms with E-state index in [2.05, 4.69) is 20.7 Å². The monoisotopic (exact) mass is 299 g/mol. The predicted molar refractivity (Wildman–Crippen MR) is 85.0 cm³/mol. The van der Waals surface area contributed by atoms with E-state index in [4.69, 9.17) is 0 Å². The molecule has 0 unspecified atom stereocenters. The normalized spacial score (nSPS) is 16.0. The van der Waals surface area contributed by atoms with Gasteiger partial charge in [-0.3, -0.25) is 0 Å². The molecule has 2 amide bonds. The third-order valence-corrected chi connectivity index (χ3v) is 4.01. The lowest BCUT2D eigenvalue weighted by Gasteiger charge is -2.17. The smallest absolute Gasteiger partial charge is 0.319 e. The van der Waals surface area contributed by atoms with Crippen LogP contribution >= 0.6 is 0 Å². The second kappa shape index (κ2) is 7.06. The molecule has 1 heterocycles. The van der Waals surface area contributed by atoms with E-state index in [1.807, 2.05) is 24.3 Å². The first-order valence-corrected chi connectivity index (χ1v) is 7.84. The number of aromatic nitrogens is 3. The van der Waals surface area contributed by atoms with Crippen molar-refractivity contribution in [2.24, 2.45) is 0 Å². The Morgan fingerprint density at radius 1 is 1.14 bits per heavy atom. The number of urea groups is 1. The van der Waals surface area contributed by atoms with Gasteiger partial charge in [0.15, 0.2) is 0 Å². The van der Waals surface area contributed by atoms with Crippen molar-refractivity contribution in [2.75, 3.05) is 5.32 Å². The van der Waals surface area contributed by atoms with E-state index in [9.17, 15) is 4.79 Å². The Kier molecular flexibility index (Phi) is 4.68. The van der Waals surface area contributed by atoms with Crippen molar-refractivity contribution < 1.29 is 4.79 Å². The van der Waals surface area contributed by atoms with Crippen LogP contribution in [0.4, 0.5) is 10.5 Å². The third kappa shape index (κ3) is 3.63. The van der Waals surface area contributed by atoms with Gasteiger partial charge in [-0.1, -0.05) is 37.8 Å². The minimum atomic E-state index is -0.153. The predicted octanol–water partition coefficient (Wildman–Crippen LogP) is 3.11. The summed E-state index contributed by atoms with van der Waals surface area (Å²) in [4.78, 5) is 16.2. The number of hydrogen-bond donors (Lipinski definition) is 2. The second-order valence-electron chi connectivity index (χ2n) is 5.64. The molecular formula is C16H21N5O. The zero-order chi connectivity index (χ0) is 15.2. The van der Waals surface area contributed by atoms with E-state index < -0.39 is 0 Å². The molecule has 0 saturated heterocycles. The van der Waals surface area contributed by atoms with Crippen LogP contribution < -0.4 is 10.6 Å². The van der Waals surface area contributed by atoms with Crippen molar-refractivity contribution in [2.45, 2.75) is 44.6 Å². The lowest BCUT2D eigenvalue weighted by Crippen LogP contribution is -2.37. The highest BCUT2D eigenvalue weighted by Crippen LogP contribution is 2.20. The topological polar surface area (TPSA) is 71.8 Å². The van der Waals surface area contributed by atoms with E-state index in [0.717, 1.165) is 24.2 Å². The summed E-state index contributed by atoms with van der Waals surface area (Å²) in [6.07, 6.45) is 10.2. The molecule has 0 atom stereocenters. The molecule has 1 saturated carbocycles. The van der Waals surface area contributed by atoms with Gasteiger partial charge >= 0.3 is 6.03 Å². The number of nitrogens with one attached hydrogen (secondary N) is 2. The van der Waals surface area contributed by atoms with Crippen LogP contribution in [0.5, 0.6) is 0 Å². The summed E-state index contributed by atoms with van der Waals surface area (Å²) in [5.41, 5.74) is 1.52. The first-order chi connectivity index (χ1) is 10.8. The van der Waals surface area contributed by atoms with Crippen molar-refractivity contribution in [1.82, 2.24) is 20.1 Å². The molecule has 1 aromatic carbocycles. The molecule has 0 radical (unpaired) electrons. The van der Waals surface area contributed by atoms with Gasteiger partial charge in [-0.2, -0.15) is 5.10 Å². The first-order valence-electron chi connectivity index (χ1n) is 7.84. The van der Waals surface area contributed by atoms with Gasteiger partial charge in [-0.15, -0.1) is 0 Å². The molecule has 2 N–H and O–H groups in total. The number of nitrogens with zero attached hydrogens (tertiary/aromatic N) is 3. The lowest BCUT2D eigenvalue weighted by atomic mass is 10.1. The molecule has 1 aromatic heterocycles. The fourth-order valence-electron chi connectivity index (χ4n) is 2.88. The number of rotatable bonds is 3. The summed E-state index contributed by atoms with van der Waals surface area (Å²) in [5.74, 6) is 0. The molecule has 22 heavy (non-hydrogen) atoms. The van der Waals surface area contributed by atoms with Crippen LogP contribution in [0, 0.1) is 0 Å². The molecule has 1 fully saturated rings. The van der Waals surface area contributed by atoms with E-state index >= 15 is 0 Å². The first kappa shape index (κ1) is 14.6. The van der Waals surface area contributed by atoms with E-state index in [-0.39, 0.29) is 12.1 Å². The fraction of sp³-hybridized carbons (Fsp3) is 0.438. The highest BCUT2D eigenvalue weighted by atomic mass is 16.2. The Hall–Kier alpha value is -2.37. The standard InChI is InChI=1S/C16H21N5O/c22-16(19-13-7-3-1-2-4-8-13)20-14-9-5-6-10-15(14)21-12-17-11-18-21/h5-6,9-13H,1-4,7-8H2,(H2,19,20,22). The van der Waals surface area contributed by atoms with Crippen molar-refractivity contribution in [3.05, 3.63) is 36.9 Å². The molecule has 0 bridgehead atoms. The van der Waals surface area contributed by atoms with Gasteiger partial charge in [0, 0.05) is 6.04 Å². The van der Waals surface area contributed by atoms with Crippen LogP contribution in [-0.4, -0.2) is 26.8 Å². The maximum atomic E-state index is 12.2. The molecular weight excluding hydrogens is 278 g/mol. The highest BCUT2D eigenvalue weighted by Gasteiger charge is 2.15. The Morgan fingerprint density at radius 2 is 1.91 bits per heavy atom. The van der Waals surface area contributed by atoms with Gasteiger partial charge in [0.25, 0.3) is 0 Å². The van der Waals surface area contributed by atoms with E-state index in [0.29, 0.717) is 0 Å². The molecule has 116 valence electrons. The maximum absolute atomic E-state index is 12.2. The summed E-state index contributed by atoms with van der Waals surface area (Å²) in [7, 11) is 0. The molecule has 1 aliphatic carbocycles. The molecule has 1 aliphatic rings. The second-order valence-corrected chi connectivity index (χ2v) is 5.64. The number of carbonyl (C=O) groups excluding carboxylic acids is 1. The molecule has 6 heteroatoms. The Balaban J connectivity index is 1.66. The fourth-order valence-corrected chi connectivity index (χ4v) is 2.88. The third-order valence-electron chi connectivity index (χ3n) is 4.01. The molecule has 6 nitrogen and oxygen atoms in total. The highest BCUT2D eigenvalue weighted by molar-refractivity contribution is 5.91. The van der Waals surface area contributed by atoms with Gasteiger partial charge < -0.3 is 10.6 Å². The molecule has 0 spiro atoms. The maximum Gasteiger partial charge on any atom is 0.319 e. The molecule has 0 aliphatic heterocycles. The number of hydrogen-bond acceptors (Lipinski definition) is 3. The van der Waals surface area contributed by atoms with Crippen LogP contribution in [0.2, 0.25) is 0 Å². The van der Waals surface area contributed by atoms with E-state index in [1.165, 1.54) is 32.0 Å². The quantitative estimate of drug-likeness (QED) is 0.855. The largest absolute Gasteiger partial charge is 0.335 e. The van der Waals surface area contributed by atoms with Crippen molar-refractivity contribution in [3.63, 3.8) is 0 Å². The van der Waals surface area contributed by atoms with Crippen LogP contribution in [0.15, 0.2) is 36.9 Å². The zero-order valence-electron chi connectivity index (χ0n) is 12.5. The van der Waals surface area contributed by atoms with Gasteiger partial charge in [0.2, 0.25) is 0 Å². The summed E-state index contributed by atoms with van der Waals surface area (Å²) >= 11 is 0. The van der Waals surface area contributed by atoms with Gasteiger partial charge in [-0.05, 0) is 25.0 Å². The van der Waals surface area contributed by atoms with Crippen molar-refractivity contribution in [1.29, 1.82) is 0 Å². The summed E-state index contributed by atoms with van der Waals surface area (Å²) < 4.78 is 1.64. The van der Waals surface area contributed by atoms with Gasteiger partial charge in [0.05, 0.1) is 11.4 Å². The van der Waals surface area contributed by atoms with Crippen LogP contribution in [0.3, 0.4) is 0 Å². The number of anilines is 1. The number of amides is 2. The van der Waals surface area contributed by atoms with Crippen molar-refractivity contribution >= 4 is 11.7 Å².